The van der Waals surface area contributed by atoms with E-state index in [4.69, 9.17) is 11.5 Å². The summed E-state index contributed by atoms with van der Waals surface area (Å²) in [5.74, 6) is -0.694. The monoisotopic (exact) mass is 277 g/mol. The highest BCUT2D eigenvalue weighted by atomic mass is 16.2. The van der Waals surface area contributed by atoms with Crippen LogP contribution in [0.5, 0.6) is 0 Å². The van der Waals surface area contributed by atoms with Crippen LogP contribution in [0.1, 0.15) is 16.1 Å². The van der Waals surface area contributed by atoms with Crippen LogP contribution in [-0.4, -0.2) is 31.4 Å². The van der Waals surface area contributed by atoms with E-state index in [1.54, 1.807) is 20.2 Å². The number of anilines is 2. The van der Waals surface area contributed by atoms with Gasteiger partial charge in [-0.2, -0.15) is 10.2 Å². The number of carbonyl (C=O) groups is 2. The van der Waals surface area contributed by atoms with Gasteiger partial charge in [-0.05, 0) is 6.92 Å². The minimum Gasteiger partial charge on any atom is -0.382 e. The summed E-state index contributed by atoms with van der Waals surface area (Å²) >= 11 is 0. The average Bonchev–Trinajstić information content (AvgIpc) is 2.83. The molecule has 20 heavy (non-hydrogen) atoms. The Kier molecular flexibility index (Phi) is 3.42. The van der Waals surface area contributed by atoms with E-state index in [9.17, 15) is 9.59 Å². The van der Waals surface area contributed by atoms with Crippen LogP contribution in [0.3, 0.4) is 0 Å². The topological polar surface area (TPSA) is 134 Å². The van der Waals surface area contributed by atoms with Gasteiger partial charge < -0.3 is 16.8 Å². The highest BCUT2D eigenvalue weighted by molar-refractivity contribution is 6.01. The van der Waals surface area contributed by atoms with E-state index in [-0.39, 0.29) is 23.8 Å². The Hall–Kier alpha value is -2.84. The van der Waals surface area contributed by atoms with E-state index in [1.807, 2.05) is 0 Å². The molecule has 9 nitrogen and oxygen atoms in total. The molecule has 5 N–H and O–H groups in total. The Morgan fingerprint density at radius 3 is 2.60 bits per heavy atom. The van der Waals surface area contributed by atoms with Crippen molar-refractivity contribution < 1.29 is 9.59 Å². The molecule has 0 spiro atoms. The SMILES string of the molecule is Cc1cn(CC(=O)Nc2cn(C)nc2C(N)=O)nc1N. The number of amides is 2. The first-order valence-corrected chi connectivity index (χ1v) is 5.79. The summed E-state index contributed by atoms with van der Waals surface area (Å²) in [6.07, 6.45) is 3.16. The highest BCUT2D eigenvalue weighted by Gasteiger charge is 2.15. The van der Waals surface area contributed by atoms with Crippen LogP contribution >= 0.6 is 0 Å². The first-order chi connectivity index (χ1) is 9.36. The maximum atomic E-state index is 11.9. The van der Waals surface area contributed by atoms with Gasteiger partial charge in [-0.25, -0.2) is 0 Å². The summed E-state index contributed by atoms with van der Waals surface area (Å²) < 4.78 is 2.81. The molecule has 9 heteroatoms. The van der Waals surface area contributed by atoms with Crippen molar-refractivity contribution in [3.63, 3.8) is 0 Å². The Labute approximate surface area is 114 Å². The van der Waals surface area contributed by atoms with Crippen LogP contribution in [0.15, 0.2) is 12.4 Å². The lowest BCUT2D eigenvalue weighted by molar-refractivity contribution is -0.116. The molecule has 106 valence electrons. The van der Waals surface area contributed by atoms with Crippen LogP contribution < -0.4 is 16.8 Å². The van der Waals surface area contributed by atoms with E-state index in [0.29, 0.717) is 5.82 Å². The van der Waals surface area contributed by atoms with Crippen molar-refractivity contribution >= 4 is 23.3 Å². The molecule has 0 aliphatic carbocycles. The Balaban J connectivity index is 2.10. The molecule has 0 aliphatic rings. The fraction of sp³-hybridized carbons (Fsp3) is 0.273. The van der Waals surface area contributed by atoms with E-state index in [1.165, 1.54) is 15.6 Å². The number of carbonyl (C=O) groups excluding carboxylic acids is 2. The van der Waals surface area contributed by atoms with Crippen molar-refractivity contribution in [3.8, 4) is 0 Å². The van der Waals surface area contributed by atoms with Crippen LogP contribution in [0.2, 0.25) is 0 Å². The maximum Gasteiger partial charge on any atom is 0.271 e. The first-order valence-electron chi connectivity index (χ1n) is 5.79. The first kappa shape index (κ1) is 13.6. The van der Waals surface area contributed by atoms with Gasteiger partial charge >= 0.3 is 0 Å². The van der Waals surface area contributed by atoms with Gasteiger partial charge in [0, 0.05) is 25.0 Å². The van der Waals surface area contributed by atoms with Crippen molar-refractivity contribution in [2.45, 2.75) is 13.5 Å². The molecule has 0 bridgehead atoms. The van der Waals surface area contributed by atoms with Gasteiger partial charge in [-0.3, -0.25) is 19.0 Å². The molecule has 2 aromatic rings. The Morgan fingerprint density at radius 1 is 1.35 bits per heavy atom. The van der Waals surface area contributed by atoms with Gasteiger partial charge in [0.1, 0.15) is 12.4 Å². The van der Waals surface area contributed by atoms with Gasteiger partial charge in [0.25, 0.3) is 5.91 Å². The molecule has 2 aromatic heterocycles. The average molecular weight is 277 g/mol. The lowest BCUT2D eigenvalue weighted by atomic mass is 10.3. The molecular weight excluding hydrogens is 262 g/mol. The standard InChI is InChI=1S/C11H15N7O2/c1-6-3-18(16-10(6)12)5-8(19)14-7-4-17(2)15-9(7)11(13)20/h3-4H,5H2,1-2H3,(H2,12,16)(H2,13,20)(H,14,19). The quantitative estimate of drug-likeness (QED) is 0.675. The van der Waals surface area contributed by atoms with E-state index < -0.39 is 5.91 Å². The van der Waals surface area contributed by atoms with Gasteiger partial charge in [-0.15, -0.1) is 0 Å². The van der Waals surface area contributed by atoms with E-state index in [0.717, 1.165) is 5.56 Å². The zero-order valence-corrected chi connectivity index (χ0v) is 11.1. The van der Waals surface area contributed by atoms with Gasteiger partial charge in [0.2, 0.25) is 5.91 Å². The molecule has 0 saturated heterocycles. The summed E-state index contributed by atoms with van der Waals surface area (Å²) in [6, 6.07) is 0. The van der Waals surface area contributed by atoms with Crippen molar-refractivity contribution in [3.05, 3.63) is 23.7 Å². The molecular formula is C11H15N7O2. The third kappa shape index (κ3) is 2.76. The highest BCUT2D eigenvalue weighted by Crippen LogP contribution is 2.13. The molecule has 2 amide bonds. The van der Waals surface area contributed by atoms with Crippen molar-refractivity contribution in [1.29, 1.82) is 0 Å². The summed E-state index contributed by atoms with van der Waals surface area (Å²) in [4.78, 5) is 23.1. The minimum atomic E-state index is -0.708. The number of aromatic nitrogens is 4. The number of primary amides is 1. The predicted molar refractivity (Wildman–Crippen MR) is 71.7 cm³/mol. The van der Waals surface area contributed by atoms with Crippen molar-refractivity contribution in [2.24, 2.45) is 12.8 Å². The number of hydrogen-bond acceptors (Lipinski definition) is 5. The predicted octanol–water partition coefficient (Wildman–Crippen LogP) is -0.755. The third-order valence-corrected chi connectivity index (χ3v) is 2.62. The third-order valence-electron chi connectivity index (χ3n) is 2.62. The zero-order valence-electron chi connectivity index (χ0n) is 11.1. The number of nitrogen functional groups attached to an aromatic ring is 1. The van der Waals surface area contributed by atoms with E-state index >= 15 is 0 Å². The molecule has 0 saturated carbocycles. The number of aryl methyl sites for hydroxylation is 2. The lowest BCUT2D eigenvalue weighted by Gasteiger charge is -2.03. The fourth-order valence-electron chi connectivity index (χ4n) is 1.72. The summed E-state index contributed by atoms with van der Waals surface area (Å²) in [6.45, 7) is 1.77. The smallest absolute Gasteiger partial charge is 0.271 e. The van der Waals surface area contributed by atoms with Crippen LogP contribution in [0.4, 0.5) is 11.5 Å². The second-order valence-corrected chi connectivity index (χ2v) is 4.37. The van der Waals surface area contributed by atoms with Crippen LogP contribution in [0, 0.1) is 6.92 Å². The molecule has 0 atom stereocenters. The molecule has 2 rings (SSSR count). The Morgan fingerprint density at radius 2 is 2.05 bits per heavy atom. The number of rotatable bonds is 4. The van der Waals surface area contributed by atoms with Gasteiger partial charge in [0.05, 0.1) is 5.69 Å². The van der Waals surface area contributed by atoms with Gasteiger partial charge in [-0.1, -0.05) is 0 Å². The number of nitrogens with one attached hydrogen (secondary N) is 1. The molecule has 2 heterocycles. The van der Waals surface area contributed by atoms with Crippen molar-refractivity contribution in [1.82, 2.24) is 19.6 Å². The molecule has 0 unspecified atom stereocenters. The minimum absolute atomic E-state index is 0.0111. The molecule has 0 fully saturated rings. The maximum absolute atomic E-state index is 11.9. The summed E-state index contributed by atoms with van der Waals surface area (Å²) in [5, 5.41) is 10.4. The van der Waals surface area contributed by atoms with Crippen LogP contribution in [0.25, 0.3) is 0 Å². The normalized spacial score (nSPS) is 10.5. The second-order valence-electron chi connectivity index (χ2n) is 4.37. The number of nitrogens with two attached hydrogens (primary N) is 2. The molecule has 0 aliphatic heterocycles. The summed E-state index contributed by atoms with van der Waals surface area (Å²) in [5.41, 5.74) is 11.8. The van der Waals surface area contributed by atoms with Crippen LogP contribution in [-0.2, 0) is 18.4 Å². The second kappa shape index (κ2) is 5.03. The lowest BCUT2D eigenvalue weighted by Crippen LogP contribution is -2.21. The Bertz CT molecular complexity index is 651. The molecule has 0 radical (unpaired) electrons. The van der Waals surface area contributed by atoms with Gasteiger partial charge in [0.15, 0.2) is 5.69 Å². The summed E-state index contributed by atoms with van der Waals surface area (Å²) in [7, 11) is 1.62. The zero-order chi connectivity index (χ0) is 14.9. The number of hydrogen-bond donors (Lipinski definition) is 3. The largest absolute Gasteiger partial charge is 0.382 e. The number of nitrogens with zero attached hydrogens (tertiary/aromatic N) is 4. The van der Waals surface area contributed by atoms with Crippen molar-refractivity contribution in [2.75, 3.05) is 11.1 Å². The molecule has 0 aromatic carbocycles. The fourth-order valence-corrected chi connectivity index (χ4v) is 1.72. The van der Waals surface area contributed by atoms with E-state index in [2.05, 4.69) is 15.5 Å².